The van der Waals surface area contributed by atoms with Gasteiger partial charge < -0.3 is 0 Å². The molecule has 0 atom stereocenters. The van der Waals surface area contributed by atoms with E-state index in [1.807, 2.05) is 24.3 Å². The summed E-state index contributed by atoms with van der Waals surface area (Å²) in [7, 11) is 0. The van der Waals surface area contributed by atoms with E-state index < -0.39 is 0 Å². The van der Waals surface area contributed by atoms with Gasteiger partial charge in [0.15, 0.2) is 0 Å². The van der Waals surface area contributed by atoms with Crippen molar-refractivity contribution in [2.24, 2.45) is 0 Å². The summed E-state index contributed by atoms with van der Waals surface area (Å²) < 4.78 is 4.42. The molecule has 4 heterocycles. The minimum atomic E-state index is 0.619. The van der Waals surface area contributed by atoms with E-state index >= 15 is 0 Å². The first-order valence-electron chi connectivity index (χ1n) is 14.7. The van der Waals surface area contributed by atoms with E-state index in [1.165, 1.54) is 0 Å². The lowest BCUT2D eigenvalue weighted by atomic mass is 9.99. The largest absolute Gasteiger partial charge is 0.299 e. The summed E-state index contributed by atoms with van der Waals surface area (Å²) in [6.07, 6.45) is 2.23. The van der Waals surface area contributed by atoms with Gasteiger partial charge in [0, 0.05) is 34.2 Å². The smallest absolute Gasteiger partial charge is 0.235 e. The maximum atomic E-state index is 5.33. The van der Waals surface area contributed by atoms with Crippen molar-refractivity contribution in [3.8, 4) is 39.6 Å². The highest BCUT2D eigenvalue weighted by molar-refractivity contribution is 6.07. The highest BCUT2D eigenvalue weighted by Gasteiger charge is 2.25. The Morgan fingerprint density at radius 1 is 0.455 bits per heavy atom. The second-order valence-electron chi connectivity index (χ2n) is 10.9. The normalized spacial score (nSPS) is 11.6. The predicted molar refractivity (Wildman–Crippen MR) is 179 cm³/mol. The van der Waals surface area contributed by atoms with Gasteiger partial charge in [0.05, 0.1) is 33.5 Å². The van der Waals surface area contributed by atoms with Crippen LogP contribution in [0.5, 0.6) is 0 Å². The number of aromatic nitrogens is 5. The molecule has 9 rings (SSSR count). The first-order valence-corrected chi connectivity index (χ1v) is 14.7. The summed E-state index contributed by atoms with van der Waals surface area (Å²) >= 11 is 0. The van der Waals surface area contributed by atoms with Crippen LogP contribution in [0.4, 0.5) is 0 Å². The minimum Gasteiger partial charge on any atom is -0.299 e. The van der Waals surface area contributed by atoms with Crippen molar-refractivity contribution in [2.75, 3.05) is 0 Å². The molecule has 0 aliphatic carbocycles. The van der Waals surface area contributed by atoms with Gasteiger partial charge in [-0.3, -0.25) is 8.97 Å². The fourth-order valence-corrected chi connectivity index (χ4v) is 6.39. The van der Waals surface area contributed by atoms with Gasteiger partial charge in [0.25, 0.3) is 0 Å². The highest BCUT2D eigenvalue weighted by Crippen LogP contribution is 2.43. The molecule has 0 spiro atoms. The number of pyridine rings is 1. The lowest BCUT2D eigenvalue weighted by molar-refractivity contribution is 0.990. The Labute approximate surface area is 253 Å². The van der Waals surface area contributed by atoms with E-state index in [0.717, 1.165) is 72.1 Å². The second kappa shape index (κ2) is 9.75. The van der Waals surface area contributed by atoms with Crippen LogP contribution in [0, 0.1) is 0 Å². The average molecular weight is 564 g/mol. The Morgan fingerprint density at radius 2 is 1.07 bits per heavy atom. The molecule has 44 heavy (non-hydrogen) atoms. The van der Waals surface area contributed by atoms with Crippen molar-refractivity contribution in [3.05, 3.63) is 152 Å². The van der Waals surface area contributed by atoms with Crippen LogP contribution < -0.4 is 0 Å². The maximum Gasteiger partial charge on any atom is 0.235 e. The van der Waals surface area contributed by atoms with Crippen LogP contribution >= 0.6 is 0 Å². The first kappa shape index (κ1) is 24.5. The van der Waals surface area contributed by atoms with Crippen LogP contribution in [0.25, 0.3) is 78.1 Å². The number of para-hydroxylation sites is 3. The van der Waals surface area contributed by atoms with Crippen molar-refractivity contribution in [3.63, 3.8) is 0 Å². The summed E-state index contributed by atoms with van der Waals surface area (Å²) in [5.74, 6) is 0.619. The Bertz CT molecular complexity index is 2480. The van der Waals surface area contributed by atoms with Crippen LogP contribution in [-0.2, 0) is 0 Å². The molecular formula is C39H25N5. The summed E-state index contributed by atoms with van der Waals surface area (Å²) in [5.41, 5.74) is 11.1. The molecule has 0 saturated carbocycles. The number of fused-ring (bicyclic) bond motifs is 5. The van der Waals surface area contributed by atoms with Gasteiger partial charge in [-0.1, -0.05) is 121 Å². The molecule has 4 aromatic heterocycles. The van der Waals surface area contributed by atoms with E-state index in [2.05, 4.69) is 136 Å². The van der Waals surface area contributed by atoms with Crippen molar-refractivity contribution in [1.82, 2.24) is 23.9 Å². The van der Waals surface area contributed by atoms with Crippen molar-refractivity contribution in [1.29, 1.82) is 0 Å². The molecule has 5 heteroatoms. The van der Waals surface area contributed by atoms with Crippen molar-refractivity contribution in [2.45, 2.75) is 0 Å². The SMILES string of the molecule is c1ccc(-c2nc(-n3c(-c4ccccc4)c(-c4ccccc4)c4cn5c(cc43)nc3ccccc35)nc3ccccc23)cc1. The molecule has 0 bridgehead atoms. The molecule has 0 amide bonds. The third-order valence-corrected chi connectivity index (χ3v) is 8.34. The minimum absolute atomic E-state index is 0.619. The zero-order valence-electron chi connectivity index (χ0n) is 23.7. The molecule has 206 valence electrons. The van der Waals surface area contributed by atoms with Gasteiger partial charge >= 0.3 is 0 Å². The summed E-state index contributed by atoms with van der Waals surface area (Å²) in [4.78, 5) is 15.6. The summed E-state index contributed by atoms with van der Waals surface area (Å²) in [6, 6.07) is 50.2. The lowest BCUT2D eigenvalue weighted by Crippen LogP contribution is -2.05. The standard InChI is InChI=1S/C39H25N5/c1-4-14-26(15-5-1)36-30-25-43-33-23-13-12-22-32(33)40-35(43)24-34(30)44(38(36)28-18-8-3-9-19-28)39-41-31-21-11-10-20-29(31)37(42-39)27-16-6-2-7-17-27/h1-25H. The van der Waals surface area contributed by atoms with Gasteiger partial charge in [-0.25, -0.2) is 15.0 Å². The van der Waals surface area contributed by atoms with Crippen LogP contribution in [0.3, 0.4) is 0 Å². The average Bonchev–Trinajstić information content (AvgIpc) is 3.63. The van der Waals surface area contributed by atoms with E-state index in [4.69, 9.17) is 15.0 Å². The number of nitrogens with zero attached hydrogens (tertiary/aromatic N) is 5. The number of hydrogen-bond acceptors (Lipinski definition) is 3. The van der Waals surface area contributed by atoms with E-state index in [0.29, 0.717) is 5.95 Å². The molecule has 0 unspecified atom stereocenters. The fourth-order valence-electron chi connectivity index (χ4n) is 6.39. The van der Waals surface area contributed by atoms with E-state index in [-0.39, 0.29) is 0 Å². The zero-order valence-corrected chi connectivity index (χ0v) is 23.7. The second-order valence-corrected chi connectivity index (χ2v) is 10.9. The van der Waals surface area contributed by atoms with Gasteiger partial charge in [-0.2, -0.15) is 0 Å². The van der Waals surface area contributed by atoms with Gasteiger partial charge in [0.2, 0.25) is 5.95 Å². The van der Waals surface area contributed by atoms with Crippen LogP contribution in [0.15, 0.2) is 152 Å². The van der Waals surface area contributed by atoms with Gasteiger partial charge in [-0.05, 0) is 29.3 Å². The van der Waals surface area contributed by atoms with Crippen LogP contribution in [0.1, 0.15) is 0 Å². The first-order chi connectivity index (χ1) is 21.8. The number of benzene rings is 5. The van der Waals surface area contributed by atoms with Crippen molar-refractivity contribution >= 4 is 38.5 Å². The predicted octanol–water partition coefficient (Wildman–Crippen LogP) is 9.38. The maximum absolute atomic E-state index is 5.33. The molecule has 0 radical (unpaired) electrons. The Balaban J connectivity index is 1.48. The molecule has 0 N–H and O–H groups in total. The third kappa shape index (κ3) is 3.76. The van der Waals surface area contributed by atoms with Gasteiger partial charge in [0.1, 0.15) is 5.65 Å². The molecule has 0 fully saturated rings. The zero-order chi connectivity index (χ0) is 29.0. The van der Waals surface area contributed by atoms with Gasteiger partial charge in [-0.15, -0.1) is 0 Å². The molecule has 9 aromatic rings. The molecule has 5 nitrogen and oxygen atoms in total. The Morgan fingerprint density at radius 3 is 1.82 bits per heavy atom. The monoisotopic (exact) mass is 563 g/mol. The van der Waals surface area contributed by atoms with E-state index in [1.54, 1.807) is 0 Å². The Hall–Kier alpha value is -6.07. The third-order valence-electron chi connectivity index (χ3n) is 8.34. The van der Waals surface area contributed by atoms with Crippen LogP contribution in [-0.4, -0.2) is 23.9 Å². The quantitative estimate of drug-likeness (QED) is 0.214. The van der Waals surface area contributed by atoms with E-state index in [9.17, 15) is 0 Å². The number of rotatable bonds is 4. The molecule has 0 saturated heterocycles. The Kier molecular flexibility index (Phi) is 5.43. The summed E-state index contributed by atoms with van der Waals surface area (Å²) in [6.45, 7) is 0. The molecule has 0 aliphatic rings. The topological polar surface area (TPSA) is 48.0 Å². The molecule has 5 aromatic carbocycles. The fraction of sp³-hybridized carbons (Fsp3) is 0. The molecule has 0 aliphatic heterocycles. The molecular weight excluding hydrogens is 538 g/mol. The highest BCUT2D eigenvalue weighted by atomic mass is 15.2. The van der Waals surface area contributed by atoms with Crippen LogP contribution in [0.2, 0.25) is 0 Å². The number of imidazole rings is 1. The number of hydrogen-bond donors (Lipinski definition) is 0. The summed E-state index contributed by atoms with van der Waals surface area (Å²) in [5, 5.41) is 2.12. The van der Waals surface area contributed by atoms with Crippen molar-refractivity contribution < 1.29 is 0 Å². The lowest BCUT2D eigenvalue weighted by Gasteiger charge is -2.14.